The van der Waals surface area contributed by atoms with Crippen LogP contribution in [0.25, 0.3) is 5.57 Å². The molecule has 28 heavy (non-hydrogen) atoms. The first kappa shape index (κ1) is 18.6. The van der Waals surface area contributed by atoms with Gasteiger partial charge in [0.1, 0.15) is 18.1 Å². The molecule has 6 nitrogen and oxygen atoms in total. The highest BCUT2D eigenvalue weighted by Crippen LogP contribution is 2.27. The van der Waals surface area contributed by atoms with Gasteiger partial charge < -0.3 is 15.5 Å². The highest BCUT2D eigenvalue weighted by molar-refractivity contribution is 5.89. The van der Waals surface area contributed by atoms with E-state index in [0.29, 0.717) is 0 Å². The minimum absolute atomic E-state index is 0.429. The van der Waals surface area contributed by atoms with Crippen molar-refractivity contribution >= 4 is 17.7 Å². The summed E-state index contributed by atoms with van der Waals surface area (Å²) in [5.41, 5.74) is 6.18. The first-order valence-electron chi connectivity index (χ1n) is 10.1. The molecular weight excluding hydrogens is 350 g/mol. The third kappa shape index (κ3) is 4.22. The van der Waals surface area contributed by atoms with Crippen molar-refractivity contribution in [3.63, 3.8) is 0 Å². The number of carbonyl (C=O) groups is 1. The van der Waals surface area contributed by atoms with Gasteiger partial charge in [-0.1, -0.05) is 25.3 Å². The fourth-order valence-electron chi connectivity index (χ4n) is 4.09. The molecule has 1 fully saturated rings. The van der Waals surface area contributed by atoms with E-state index in [1.165, 1.54) is 37.7 Å². The van der Waals surface area contributed by atoms with Gasteiger partial charge in [-0.05, 0) is 49.1 Å². The average molecular weight is 377 g/mol. The first-order valence-corrected chi connectivity index (χ1v) is 10.1. The summed E-state index contributed by atoms with van der Waals surface area (Å²) < 4.78 is 0. The van der Waals surface area contributed by atoms with Crippen molar-refractivity contribution in [2.75, 3.05) is 11.6 Å². The van der Waals surface area contributed by atoms with Crippen LogP contribution >= 0.6 is 0 Å². The summed E-state index contributed by atoms with van der Waals surface area (Å²) in [4.78, 5) is 20.5. The molecule has 6 heteroatoms. The van der Waals surface area contributed by atoms with Gasteiger partial charge in [-0.3, -0.25) is 9.99 Å². The Labute approximate surface area is 166 Å². The summed E-state index contributed by atoms with van der Waals surface area (Å²) in [7, 11) is 0. The number of pyridine rings is 2. The summed E-state index contributed by atoms with van der Waals surface area (Å²) >= 11 is 0. The molecule has 1 unspecified atom stereocenters. The number of hydrogen-bond acceptors (Lipinski definition) is 6. The average Bonchev–Trinajstić information content (AvgIpc) is 3.19. The molecule has 1 saturated carbocycles. The van der Waals surface area contributed by atoms with E-state index in [2.05, 4.69) is 20.7 Å². The monoisotopic (exact) mass is 377 g/mol. The van der Waals surface area contributed by atoms with Crippen LogP contribution in [0, 0.1) is 5.92 Å². The molecule has 2 aliphatic rings. The second-order valence-corrected chi connectivity index (χ2v) is 7.58. The zero-order chi connectivity index (χ0) is 19.2. The molecule has 0 radical (unpaired) electrons. The van der Waals surface area contributed by atoms with E-state index in [1.807, 2.05) is 30.5 Å². The predicted molar refractivity (Wildman–Crippen MR) is 110 cm³/mol. The van der Waals surface area contributed by atoms with E-state index in [9.17, 15) is 4.79 Å². The van der Waals surface area contributed by atoms with Crippen LogP contribution in [0.15, 0.2) is 49.1 Å². The Morgan fingerprint density at radius 3 is 2.89 bits per heavy atom. The Bertz CT molecular complexity index is 817. The predicted octanol–water partition coefficient (Wildman–Crippen LogP) is 3.08. The topological polar surface area (TPSA) is 70.2 Å². The Morgan fingerprint density at radius 1 is 1.21 bits per heavy atom. The first-order chi connectivity index (χ1) is 13.8. The number of carbonyl (C=O) groups excluding carboxylic acids is 1. The minimum Gasteiger partial charge on any atom is -0.312 e. The lowest BCUT2D eigenvalue weighted by atomic mass is 9.89. The van der Waals surface area contributed by atoms with Crippen LogP contribution < -0.4 is 15.8 Å². The molecule has 0 amide bonds. The normalized spacial score (nSPS) is 19.9. The van der Waals surface area contributed by atoms with Gasteiger partial charge in [0.25, 0.3) is 0 Å². The highest BCUT2D eigenvalue weighted by atomic mass is 16.1. The Kier molecular flexibility index (Phi) is 5.97. The maximum Gasteiger partial charge on any atom is 0.149 e. The number of aromatic nitrogens is 2. The zero-order valence-corrected chi connectivity index (χ0v) is 16.1. The fraction of sp³-hybridized carbons (Fsp3) is 0.409. The molecule has 1 atom stereocenters. The summed E-state index contributed by atoms with van der Waals surface area (Å²) in [6.07, 6.45) is 14.9. The highest BCUT2D eigenvalue weighted by Gasteiger charge is 2.29. The van der Waals surface area contributed by atoms with Crippen LogP contribution in [-0.2, 0) is 11.3 Å². The van der Waals surface area contributed by atoms with E-state index in [1.54, 1.807) is 23.6 Å². The Morgan fingerprint density at radius 2 is 2.11 bits per heavy atom. The molecule has 2 aromatic rings. The summed E-state index contributed by atoms with van der Waals surface area (Å²) in [5.74, 6) is 1.55. The van der Waals surface area contributed by atoms with Crippen LogP contribution in [0.1, 0.15) is 43.2 Å². The fourth-order valence-corrected chi connectivity index (χ4v) is 4.09. The molecule has 2 N–H and O–H groups in total. The molecule has 0 saturated heterocycles. The van der Waals surface area contributed by atoms with Crippen molar-refractivity contribution in [2.45, 2.75) is 44.7 Å². The molecule has 1 aliphatic carbocycles. The molecule has 0 aromatic carbocycles. The maximum atomic E-state index is 11.8. The van der Waals surface area contributed by atoms with Crippen LogP contribution in [0.2, 0.25) is 0 Å². The maximum absolute atomic E-state index is 11.8. The van der Waals surface area contributed by atoms with Gasteiger partial charge >= 0.3 is 0 Å². The Hall–Kier alpha value is -2.73. The lowest BCUT2D eigenvalue weighted by Crippen LogP contribution is -2.40. The number of nitrogens with one attached hydrogen (secondary N) is 2. The van der Waals surface area contributed by atoms with E-state index < -0.39 is 6.04 Å². The van der Waals surface area contributed by atoms with Crippen molar-refractivity contribution in [3.8, 4) is 0 Å². The minimum atomic E-state index is -0.429. The van der Waals surface area contributed by atoms with E-state index >= 15 is 0 Å². The number of hydrazine groups is 1. The van der Waals surface area contributed by atoms with E-state index in [0.717, 1.165) is 42.2 Å². The molecule has 3 heterocycles. The van der Waals surface area contributed by atoms with Crippen molar-refractivity contribution in [1.29, 1.82) is 0 Å². The van der Waals surface area contributed by atoms with Crippen molar-refractivity contribution in [1.82, 2.24) is 20.7 Å². The van der Waals surface area contributed by atoms with Gasteiger partial charge in [-0.2, -0.15) is 0 Å². The standard InChI is InChI=1S/C22H27N5O/c28-16-21-20(19-7-4-9-23-14-19)15-26-27(21)22-11-18(8-10-25-22)13-24-12-17-5-2-1-3-6-17/h4,7-11,14-17,21,24,26H,1-3,5-6,12-13H2. The largest absolute Gasteiger partial charge is 0.312 e. The van der Waals surface area contributed by atoms with Crippen LogP contribution in [0.4, 0.5) is 5.82 Å². The van der Waals surface area contributed by atoms with Crippen molar-refractivity contribution in [2.24, 2.45) is 5.92 Å². The van der Waals surface area contributed by atoms with Gasteiger partial charge in [0.15, 0.2) is 0 Å². The molecule has 1 aliphatic heterocycles. The van der Waals surface area contributed by atoms with Gasteiger partial charge in [0.2, 0.25) is 0 Å². The van der Waals surface area contributed by atoms with E-state index in [4.69, 9.17) is 0 Å². The number of rotatable bonds is 7. The Balaban J connectivity index is 1.40. The molecule has 0 bridgehead atoms. The second-order valence-electron chi connectivity index (χ2n) is 7.58. The summed E-state index contributed by atoms with van der Waals surface area (Å²) in [5, 5.41) is 5.40. The molecule has 4 rings (SSSR count). The lowest BCUT2D eigenvalue weighted by Gasteiger charge is -2.24. The molecular formula is C22H27N5O. The molecule has 2 aromatic heterocycles. The summed E-state index contributed by atoms with van der Waals surface area (Å²) in [6.45, 7) is 1.89. The SMILES string of the molecule is O=CC1C(c2cccnc2)=CNN1c1cc(CNCC2CCCCC2)ccn1. The molecule has 146 valence electrons. The van der Waals surface area contributed by atoms with E-state index in [-0.39, 0.29) is 0 Å². The van der Waals surface area contributed by atoms with Crippen LogP contribution in [0.3, 0.4) is 0 Å². The van der Waals surface area contributed by atoms with Crippen molar-refractivity contribution in [3.05, 3.63) is 60.2 Å². The number of hydrogen-bond donors (Lipinski definition) is 2. The van der Waals surface area contributed by atoms with Gasteiger partial charge in [-0.15, -0.1) is 0 Å². The zero-order valence-electron chi connectivity index (χ0n) is 16.1. The summed E-state index contributed by atoms with van der Waals surface area (Å²) in [6, 6.07) is 7.47. The van der Waals surface area contributed by atoms with Crippen molar-refractivity contribution < 1.29 is 4.79 Å². The van der Waals surface area contributed by atoms with Crippen LogP contribution in [0.5, 0.6) is 0 Å². The third-order valence-corrected chi connectivity index (χ3v) is 5.62. The quantitative estimate of drug-likeness (QED) is 0.723. The van der Waals surface area contributed by atoms with Gasteiger partial charge in [-0.25, -0.2) is 4.98 Å². The third-order valence-electron chi connectivity index (χ3n) is 5.62. The number of aldehydes is 1. The number of nitrogens with zero attached hydrogens (tertiary/aromatic N) is 3. The second kappa shape index (κ2) is 8.97. The number of anilines is 1. The van der Waals surface area contributed by atoms with Crippen LogP contribution in [-0.4, -0.2) is 28.8 Å². The lowest BCUT2D eigenvalue weighted by molar-refractivity contribution is -0.107. The molecule has 0 spiro atoms. The van der Waals surface area contributed by atoms with Gasteiger partial charge in [0, 0.05) is 42.5 Å². The van der Waals surface area contributed by atoms with Gasteiger partial charge in [0.05, 0.1) is 0 Å². The smallest absolute Gasteiger partial charge is 0.149 e.